The maximum Gasteiger partial charge on any atom is 0.236 e. The van der Waals surface area contributed by atoms with Gasteiger partial charge in [0, 0.05) is 28.5 Å². The van der Waals surface area contributed by atoms with E-state index in [2.05, 4.69) is 15.6 Å². The van der Waals surface area contributed by atoms with E-state index in [0.717, 1.165) is 21.8 Å². The van der Waals surface area contributed by atoms with Crippen molar-refractivity contribution in [3.8, 4) is 11.3 Å². The Morgan fingerprint density at radius 1 is 1.07 bits per heavy atom. The number of aromatic nitrogens is 1. The number of hydrogen-bond donors (Lipinski definition) is 2. The van der Waals surface area contributed by atoms with E-state index in [4.69, 9.17) is 23.2 Å². The summed E-state index contributed by atoms with van der Waals surface area (Å²) < 4.78 is 0. The van der Waals surface area contributed by atoms with Crippen molar-refractivity contribution < 1.29 is 9.59 Å². The Kier molecular flexibility index (Phi) is 6.96. The van der Waals surface area contributed by atoms with Crippen LogP contribution in [0.1, 0.15) is 6.92 Å². The number of carbonyl (C=O) groups excluding carboxylic acids is 2. The predicted octanol–water partition coefficient (Wildman–Crippen LogP) is 5.81. The molecule has 5 nitrogen and oxygen atoms in total. The molecule has 1 aromatic heterocycles. The zero-order valence-electron chi connectivity index (χ0n) is 14.7. The molecule has 9 heteroatoms. The SMILES string of the molecule is CC(=O)Nc1ccc(SCC(=O)Nc2nc(-c3ccc(Cl)c(Cl)c3)cs2)cc1. The standard InChI is InChI=1S/C19H15Cl2N3O2S2/c1-11(25)22-13-3-5-14(6-4-13)27-10-18(26)24-19-23-17(9-28-19)12-2-7-15(20)16(21)8-12/h2-9H,10H2,1H3,(H,22,25)(H,23,24,26). The van der Waals surface area contributed by atoms with Gasteiger partial charge in [-0.2, -0.15) is 0 Å². The first-order valence-electron chi connectivity index (χ1n) is 8.12. The molecule has 28 heavy (non-hydrogen) atoms. The average Bonchev–Trinajstić information content (AvgIpc) is 3.11. The summed E-state index contributed by atoms with van der Waals surface area (Å²) in [7, 11) is 0. The summed E-state index contributed by atoms with van der Waals surface area (Å²) in [4.78, 5) is 28.6. The van der Waals surface area contributed by atoms with Gasteiger partial charge in [-0.1, -0.05) is 29.3 Å². The highest BCUT2D eigenvalue weighted by Gasteiger charge is 2.10. The second-order valence-corrected chi connectivity index (χ2v) is 8.43. The number of anilines is 2. The van der Waals surface area contributed by atoms with Gasteiger partial charge in [0.15, 0.2) is 5.13 Å². The molecule has 0 radical (unpaired) electrons. The second kappa shape index (κ2) is 9.43. The maximum atomic E-state index is 12.2. The summed E-state index contributed by atoms with van der Waals surface area (Å²) in [6.45, 7) is 1.46. The van der Waals surface area contributed by atoms with Crippen molar-refractivity contribution in [3.05, 3.63) is 57.9 Å². The molecule has 0 saturated carbocycles. The van der Waals surface area contributed by atoms with Crippen LogP contribution < -0.4 is 10.6 Å². The largest absolute Gasteiger partial charge is 0.326 e. The number of halogens is 2. The van der Waals surface area contributed by atoms with E-state index in [9.17, 15) is 9.59 Å². The molecule has 0 unspecified atom stereocenters. The monoisotopic (exact) mass is 451 g/mol. The minimum Gasteiger partial charge on any atom is -0.326 e. The Morgan fingerprint density at radius 2 is 1.82 bits per heavy atom. The third-order valence-electron chi connectivity index (χ3n) is 3.51. The predicted molar refractivity (Wildman–Crippen MR) is 118 cm³/mol. The van der Waals surface area contributed by atoms with E-state index in [1.165, 1.54) is 30.0 Å². The first-order valence-corrected chi connectivity index (χ1v) is 10.7. The van der Waals surface area contributed by atoms with Gasteiger partial charge in [0.05, 0.1) is 21.5 Å². The van der Waals surface area contributed by atoms with Gasteiger partial charge in [0.2, 0.25) is 11.8 Å². The van der Waals surface area contributed by atoms with Crippen LogP contribution in [0.15, 0.2) is 52.7 Å². The van der Waals surface area contributed by atoms with E-state index in [0.29, 0.717) is 15.2 Å². The van der Waals surface area contributed by atoms with Gasteiger partial charge >= 0.3 is 0 Å². The summed E-state index contributed by atoms with van der Waals surface area (Å²) in [6.07, 6.45) is 0. The fourth-order valence-corrected chi connectivity index (χ4v) is 3.99. The number of hydrogen-bond acceptors (Lipinski definition) is 5. The highest BCUT2D eigenvalue weighted by Crippen LogP contribution is 2.30. The second-order valence-electron chi connectivity index (χ2n) is 5.71. The Labute approximate surface area is 180 Å². The summed E-state index contributed by atoms with van der Waals surface area (Å²) in [5, 5.41) is 8.81. The summed E-state index contributed by atoms with van der Waals surface area (Å²) in [5.41, 5.74) is 2.28. The molecule has 3 aromatic rings. The summed E-state index contributed by atoms with van der Waals surface area (Å²) in [6, 6.07) is 12.6. The lowest BCUT2D eigenvalue weighted by Crippen LogP contribution is -2.13. The van der Waals surface area contributed by atoms with Crippen LogP contribution in [0.2, 0.25) is 10.0 Å². The van der Waals surface area contributed by atoms with Crippen LogP contribution in [0, 0.1) is 0 Å². The average molecular weight is 452 g/mol. The molecule has 0 aliphatic carbocycles. The van der Waals surface area contributed by atoms with Crippen LogP contribution in [-0.4, -0.2) is 22.6 Å². The Morgan fingerprint density at radius 3 is 2.50 bits per heavy atom. The highest BCUT2D eigenvalue weighted by atomic mass is 35.5. The van der Waals surface area contributed by atoms with E-state index in [1.807, 2.05) is 23.6 Å². The Bertz CT molecular complexity index is 1010. The number of rotatable bonds is 6. The van der Waals surface area contributed by atoms with E-state index in [-0.39, 0.29) is 17.6 Å². The maximum absolute atomic E-state index is 12.2. The van der Waals surface area contributed by atoms with Crippen LogP contribution in [-0.2, 0) is 9.59 Å². The first-order chi connectivity index (χ1) is 13.4. The lowest BCUT2D eigenvalue weighted by Gasteiger charge is -2.05. The zero-order chi connectivity index (χ0) is 20.1. The van der Waals surface area contributed by atoms with Gasteiger partial charge < -0.3 is 10.6 Å². The lowest BCUT2D eigenvalue weighted by molar-refractivity contribution is -0.114. The van der Waals surface area contributed by atoms with E-state index < -0.39 is 0 Å². The van der Waals surface area contributed by atoms with Crippen molar-refractivity contribution in [1.29, 1.82) is 0 Å². The molecule has 0 atom stereocenters. The number of benzene rings is 2. The molecule has 2 aromatic carbocycles. The minimum absolute atomic E-state index is 0.122. The molecule has 0 aliphatic rings. The van der Waals surface area contributed by atoms with Crippen LogP contribution in [0.3, 0.4) is 0 Å². The number of nitrogens with one attached hydrogen (secondary N) is 2. The molecule has 3 rings (SSSR count). The van der Waals surface area contributed by atoms with Gasteiger partial charge in [-0.05, 0) is 36.4 Å². The van der Waals surface area contributed by atoms with Gasteiger partial charge in [-0.25, -0.2) is 4.98 Å². The van der Waals surface area contributed by atoms with Crippen molar-refractivity contribution in [2.45, 2.75) is 11.8 Å². The number of thioether (sulfide) groups is 1. The summed E-state index contributed by atoms with van der Waals surface area (Å²) in [5.74, 6) is -0.0179. The van der Waals surface area contributed by atoms with Gasteiger partial charge in [0.25, 0.3) is 0 Å². The highest BCUT2D eigenvalue weighted by molar-refractivity contribution is 8.00. The topological polar surface area (TPSA) is 71.1 Å². The lowest BCUT2D eigenvalue weighted by atomic mass is 10.2. The van der Waals surface area contributed by atoms with Crippen molar-refractivity contribution >= 4 is 68.9 Å². The zero-order valence-corrected chi connectivity index (χ0v) is 17.8. The number of amides is 2. The van der Waals surface area contributed by atoms with E-state index in [1.54, 1.807) is 24.3 Å². The Hall–Kier alpha value is -2.06. The van der Waals surface area contributed by atoms with Crippen LogP contribution >= 0.6 is 46.3 Å². The molecule has 1 heterocycles. The van der Waals surface area contributed by atoms with Crippen molar-refractivity contribution in [2.24, 2.45) is 0 Å². The third kappa shape index (κ3) is 5.72. The molecule has 0 aliphatic heterocycles. The molecule has 0 saturated heterocycles. The quantitative estimate of drug-likeness (QED) is 0.464. The molecule has 0 bridgehead atoms. The number of carbonyl (C=O) groups is 2. The Balaban J connectivity index is 1.54. The number of thiazole rings is 1. The smallest absolute Gasteiger partial charge is 0.236 e. The molecule has 144 valence electrons. The summed E-state index contributed by atoms with van der Waals surface area (Å²) >= 11 is 14.7. The third-order valence-corrected chi connectivity index (χ3v) is 6.02. The van der Waals surface area contributed by atoms with Crippen LogP contribution in [0.25, 0.3) is 11.3 Å². The van der Waals surface area contributed by atoms with Gasteiger partial charge in [-0.3, -0.25) is 9.59 Å². The van der Waals surface area contributed by atoms with Crippen molar-refractivity contribution in [3.63, 3.8) is 0 Å². The van der Waals surface area contributed by atoms with Crippen molar-refractivity contribution in [2.75, 3.05) is 16.4 Å². The fourth-order valence-electron chi connectivity index (χ4n) is 2.26. The molecule has 0 fully saturated rings. The molecule has 2 N–H and O–H groups in total. The molecule has 2 amide bonds. The van der Waals surface area contributed by atoms with Crippen molar-refractivity contribution in [1.82, 2.24) is 4.98 Å². The van der Waals surface area contributed by atoms with E-state index >= 15 is 0 Å². The molecular weight excluding hydrogens is 437 g/mol. The van der Waals surface area contributed by atoms with Crippen LogP contribution in [0.4, 0.5) is 10.8 Å². The van der Waals surface area contributed by atoms with Crippen LogP contribution in [0.5, 0.6) is 0 Å². The fraction of sp³-hybridized carbons (Fsp3) is 0.105. The molecular formula is C19H15Cl2N3O2S2. The normalized spacial score (nSPS) is 10.5. The first kappa shape index (κ1) is 20.7. The molecule has 0 spiro atoms. The number of nitrogens with zero attached hydrogens (tertiary/aromatic N) is 1. The van der Waals surface area contributed by atoms with Gasteiger partial charge in [-0.15, -0.1) is 23.1 Å². The van der Waals surface area contributed by atoms with Gasteiger partial charge in [0.1, 0.15) is 0 Å². The minimum atomic E-state index is -0.147.